The number of nitrogens with one attached hydrogen (secondary N) is 1. The van der Waals surface area contributed by atoms with Gasteiger partial charge in [0.1, 0.15) is 5.00 Å². The second-order valence-corrected chi connectivity index (χ2v) is 4.97. The van der Waals surface area contributed by atoms with Gasteiger partial charge in [-0.2, -0.15) is 0 Å². The van der Waals surface area contributed by atoms with Crippen LogP contribution in [0, 0.1) is 0 Å². The Hall–Kier alpha value is -0.640. The van der Waals surface area contributed by atoms with Gasteiger partial charge in [-0.15, -0.1) is 5.10 Å². The predicted octanol–water partition coefficient (Wildman–Crippen LogP) is 4.09. The Balaban J connectivity index is 1.78. The van der Waals surface area contributed by atoms with E-state index in [0.717, 1.165) is 11.5 Å². The minimum absolute atomic E-state index is 1.05. The highest BCUT2D eigenvalue weighted by atomic mass is 32.1. The Kier molecular flexibility index (Phi) is 8.04. The van der Waals surface area contributed by atoms with Gasteiger partial charge in [-0.05, 0) is 6.42 Å². The van der Waals surface area contributed by atoms with E-state index in [1.54, 1.807) is 6.20 Å². The Morgan fingerprint density at radius 2 is 1.75 bits per heavy atom. The average molecular weight is 241 g/mol. The first-order valence-corrected chi connectivity index (χ1v) is 7.22. The van der Waals surface area contributed by atoms with Crippen LogP contribution in [0.15, 0.2) is 6.20 Å². The molecule has 92 valence electrons. The summed E-state index contributed by atoms with van der Waals surface area (Å²) in [6, 6.07) is 0. The fraction of sp³-hybridized carbons (Fsp3) is 0.833. The molecule has 0 saturated carbocycles. The molecule has 1 aromatic heterocycles. The van der Waals surface area contributed by atoms with Gasteiger partial charge in [0.25, 0.3) is 0 Å². The molecule has 0 fully saturated rings. The van der Waals surface area contributed by atoms with Crippen LogP contribution in [0.2, 0.25) is 0 Å². The standard InChI is InChI=1S/C12H23N3S/c1-2-3-4-5-6-7-8-9-10-13-12-11-14-15-16-12/h11,13H,2-10H2,1H3. The molecule has 0 amide bonds. The molecule has 0 aromatic carbocycles. The number of aromatic nitrogens is 2. The zero-order chi connectivity index (χ0) is 11.5. The van der Waals surface area contributed by atoms with Crippen molar-refractivity contribution in [3.8, 4) is 0 Å². The topological polar surface area (TPSA) is 37.8 Å². The lowest BCUT2D eigenvalue weighted by molar-refractivity contribution is 0.581. The van der Waals surface area contributed by atoms with E-state index < -0.39 is 0 Å². The molecule has 0 bridgehead atoms. The molecule has 16 heavy (non-hydrogen) atoms. The molecule has 0 aliphatic heterocycles. The summed E-state index contributed by atoms with van der Waals surface area (Å²) in [5.74, 6) is 0. The summed E-state index contributed by atoms with van der Waals surface area (Å²) in [7, 11) is 0. The first-order chi connectivity index (χ1) is 7.93. The highest BCUT2D eigenvalue weighted by Crippen LogP contribution is 2.11. The van der Waals surface area contributed by atoms with Crippen molar-refractivity contribution in [3.63, 3.8) is 0 Å². The number of hydrogen-bond donors (Lipinski definition) is 1. The number of rotatable bonds is 10. The highest BCUT2D eigenvalue weighted by Gasteiger charge is 1.94. The van der Waals surface area contributed by atoms with Crippen LogP contribution >= 0.6 is 11.5 Å². The molecule has 1 heterocycles. The molecule has 0 aliphatic carbocycles. The van der Waals surface area contributed by atoms with Crippen molar-refractivity contribution < 1.29 is 0 Å². The monoisotopic (exact) mass is 241 g/mol. The Morgan fingerprint density at radius 3 is 2.38 bits per heavy atom. The molecule has 0 saturated heterocycles. The van der Waals surface area contributed by atoms with Crippen LogP contribution < -0.4 is 5.32 Å². The van der Waals surface area contributed by atoms with Crippen molar-refractivity contribution in [1.82, 2.24) is 9.59 Å². The molecular weight excluding hydrogens is 218 g/mol. The van der Waals surface area contributed by atoms with Gasteiger partial charge >= 0.3 is 0 Å². The maximum absolute atomic E-state index is 3.81. The first-order valence-electron chi connectivity index (χ1n) is 6.44. The maximum Gasteiger partial charge on any atom is 0.130 e. The fourth-order valence-electron chi connectivity index (χ4n) is 1.72. The molecule has 0 radical (unpaired) electrons. The van der Waals surface area contributed by atoms with Gasteiger partial charge in [-0.25, -0.2) is 0 Å². The second-order valence-electron chi connectivity index (χ2n) is 4.18. The maximum atomic E-state index is 3.81. The van der Waals surface area contributed by atoms with Crippen LogP contribution in [-0.4, -0.2) is 16.1 Å². The van der Waals surface area contributed by atoms with Crippen LogP contribution in [0.3, 0.4) is 0 Å². The third-order valence-corrected chi connectivity index (χ3v) is 3.31. The van der Waals surface area contributed by atoms with Gasteiger partial charge in [-0.3, -0.25) is 0 Å². The lowest BCUT2D eigenvalue weighted by Gasteiger charge is -2.02. The van der Waals surface area contributed by atoms with Crippen LogP contribution in [0.1, 0.15) is 58.3 Å². The van der Waals surface area contributed by atoms with Gasteiger partial charge in [0.2, 0.25) is 0 Å². The third-order valence-electron chi connectivity index (χ3n) is 2.69. The first kappa shape index (κ1) is 13.4. The number of unbranched alkanes of at least 4 members (excludes halogenated alkanes) is 7. The van der Waals surface area contributed by atoms with Gasteiger partial charge < -0.3 is 5.32 Å². The quantitative estimate of drug-likeness (QED) is 0.627. The molecule has 4 heteroatoms. The average Bonchev–Trinajstić information content (AvgIpc) is 2.80. The number of hydrogen-bond acceptors (Lipinski definition) is 4. The summed E-state index contributed by atoms with van der Waals surface area (Å²) >= 11 is 1.43. The lowest BCUT2D eigenvalue weighted by Crippen LogP contribution is -1.99. The van der Waals surface area contributed by atoms with Crippen LogP contribution in [-0.2, 0) is 0 Å². The molecule has 0 spiro atoms. The molecular formula is C12H23N3S. The Bertz CT molecular complexity index is 236. The zero-order valence-corrected chi connectivity index (χ0v) is 11.1. The minimum atomic E-state index is 1.05. The van der Waals surface area contributed by atoms with Crippen molar-refractivity contribution in [2.45, 2.75) is 58.3 Å². The fourth-order valence-corrected chi connectivity index (χ4v) is 2.16. The SMILES string of the molecule is CCCCCCCCCCNc1cnns1. The molecule has 0 unspecified atom stereocenters. The lowest BCUT2D eigenvalue weighted by atomic mass is 10.1. The van der Waals surface area contributed by atoms with Gasteiger partial charge in [0.15, 0.2) is 0 Å². The van der Waals surface area contributed by atoms with Crippen LogP contribution in [0.4, 0.5) is 5.00 Å². The van der Waals surface area contributed by atoms with E-state index >= 15 is 0 Å². The minimum Gasteiger partial charge on any atom is -0.374 e. The summed E-state index contributed by atoms with van der Waals surface area (Å²) in [5, 5.41) is 8.20. The molecule has 1 N–H and O–H groups in total. The van der Waals surface area contributed by atoms with E-state index in [-0.39, 0.29) is 0 Å². The molecule has 1 aromatic rings. The molecule has 0 atom stereocenters. The van der Waals surface area contributed by atoms with E-state index in [4.69, 9.17) is 0 Å². The summed E-state index contributed by atoms with van der Waals surface area (Å²) in [6.45, 7) is 3.32. The van der Waals surface area contributed by atoms with E-state index in [2.05, 4.69) is 21.8 Å². The van der Waals surface area contributed by atoms with Crippen molar-refractivity contribution >= 4 is 16.5 Å². The summed E-state index contributed by atoms with van der Waals surface area (Å²) in [6.07, 6.45) is 12.7. The number of anilines is 1. The van der Waals surface area contributed by atoms with Crippen molar-refractivity contribution in [3.05, 3.63) is 6.20 Å². The molecule has 1 rings (SSSR count). The third kappa shape index (κ3) is 6.77. The molecule has 3 nitrogen and oxygen atoms in total. The van der Waals surface area contributed by atoms with E-state index in [1.807, 2.05) is 0 Å². The van der Waals surface area contributed by atoms with Gasteiger partial charge in [-0.1, -0.05) is 56.4 Å². The Morgan fingerprint density at radius 1 is 1.06 bits per heavy atom. The normalized spacial score (nSPS) is 10.6. The highest BCUT2D eigenvalue weighted by molar-refractivity contribution is 7.09. The van der Waals surface area contributed by atoms with Gasteiger partial charge in [0, 0.05) is 18.1 Å². The second kappa shape index (κ2) is 9.58. The molecule has 0 aliphatic rings. The summed E-state index contributed by atoms with van der Waals surface area (Å²) < 4.78 is 3.81. The van der Waals surface area contributed by atoms with Gasteiger partial charge in [0.05, 0.1) is 6.20 Å². The van der Waals surface area contributed by atoms with E-state index in [1.165, 1.54) is 62.9 Å². The van der Waals surface area contributed by atoms with Crippen molar-refractivity contribution in [2.75, 3.05) is 11.9 Å². The smallest absolute Gasteiger partial charge is 0.130 e. The summed E-state index contributed by atoms with van der Waals surface area (Å²) in [5.41, 5.74) is 0. The largest absolute Gasteiger partial charge is 0.374 e. The Labute approximate surface area is 103 Å². The van der Waals surface area contributed by atoms with Crippen molar-refractivity contribution in [2.24, 2.45) is 0 Å². The van der Waals surface area contributed by atoms with E-state index in [9.17, 15) is 0 Å². The van der Waals surface area contributed by atoms with Crippen molar-refractivity contribution in [1.29, 1.82) is 0 Å². The predicted molar refractivity (Wildman–Crippen MR) is 71.0 cm³/mol. The van der Waals surface area contributed by atoms with Crippen LogP contribution in [0.5, 0.6) is 0 Å². The zero-order valence-electron chi connectivity index (χ0n) is 10.2. The van der Waals surface area contributed by atoms with E-state index in [0.29, 0.717) is 0 Å². The summed E-state index contributed by atoms with van der Waals surface area (Å²) in [4.78, 5) is 0. The number of nitrogens with zero attached hydrogens (tertiary/aromatic N) is 2. The van der Waals surface area contributed by atoms with Crippen LogP contribution in [0.25, 0.3) is 0 Å².